The molecular formula is C27H24N2O6. The number of amides is 1. The van der Waals surface area contributed by atoms with Crippen LogP contribution in [0.15, 0.2) is 90.1 Å². The van der Waals surface area contributed by atoms with Crippen LogP contribution >= 0.6 is 0 Å². The van der Waals surface area contributed by atoms with Gasteiger partial charge in [-0.05, 0) is 61.0 Å². The van der Waals surface area contributed by atoms with Crippen LogP contribution in [0.2, 0.25) is 0 Å². The van der Waals surface area contributed by atoms with E-state index >= 15 is 0 Å². The fraction of sp³-hybridized carbons (Fsp3) is 0.148. The molecule has 3 aromatic rings. The van der Waals surface area contributed by atoms with Gasteiger partial charge in [0, 0.05) is 11.3 Å². The largest absolute Gasteiger partial charge is 0.497 e. The minimum atomic E-state index is -0.818. The highest BCUT2D eigenvalue weighted by atomic mass is 16.5. The van der Waals surface area contributed by atoms with Crippen molar-refractivity contribution in [2.24, 2.45) is 0 Å². The quantitative estimate of drug-likeness (QED) is 0.289. The molecule has 1 unspecified atom stereocenters. The van der Waals surface area contributed by atoms with Crippen molar-refractivity contribution in [2.75, 3.05) is 18.6 Å². The molecule has 1 aliphatic rings. The fourth-order valence-electron chi connectivity index (χ4n) is 4.05. The smallest absolute Gasteiger partial charge is 0.338 e. The van der Waals surface area contributed by atoms with Gasteiger partial charge >= 0.3 is 5.97 Å². The molecule has 4 rings (SSSR count). The van der Waals surface area contributed by atoms with E-state index in [9.17, 15) is 19.6 Å². The maximum Gasteiger partial charge on any atom is 0.338 e. The van der Waals surface area contributed by atoms with Crippen molar-refractivity contribution in [3.8, 4) is 5.75 Å². The number of hydroxylamine groups is 1. The number of nitrogens with zero attached hydrogens (tertiary/aromatic N) is 1. The molecule has 8 nitrogen and oxygen atoms in total. The van der Waals surface area contributed by atoms with E-state index in [-0.39, 0.29) is 17.9 Å². The lowest BCUT2D eigenvalue weighted by Gasteiger charge is -2.27. The van der Waals surface area contributed by atoms with Crippen molar-refractivity contribution in [3.63, 3.8) is 0 Å². The number of hydrogen-bond acceptors (Lipinski definition) is 7. The zero-order valence-corrected chi connectivity index (χ0v) is 19.2. The standard InChI is InChI=1S/C27H24N2O6/c1-3-35-27(32)19-9-13-20(14-10-19)29-24(17-7-5-4-6-8-17)22(23(28-33)26(29)31)25(30)18-11-15-21(34-2)16-12-18/h4-16,24,28,33H,3H2,1-2H3. The molecule has 1 heterocycles. The zero-order chi connectivity index (χ0) is 24.9. The predicted molar refractivity (Wildman–Crippen MR) is 128 cm³/mol. The first-order chi connectivity index (χ1) is 17.0. The van der Waals surface area contributed by atoms with Crippen LogP contribution in [-0.4, -0.2) is 36.6 Å². The van der Waals surface area contributed by atoms with Gasteiger partial charge in [-0.25, -0.2) is 4.79 Å². The lowest BCUT2D eigenvalue weighted by molar-refractivity contribution is -0.116. The monoisotopic (exact) mass is 472 g/mol. The molecule has 35 heavy (non-hydrogen) atoms. The predicted octanol–water partition coefficient (Wildman–Crippen LogP) is 4.08. The number of methoxy groups -OCH3 is 1. The molecule has 1 amide bonds. The van der Waals surface area contributed by atoms with Crippen molar-refractivity contribution in [1.82, 2.24) is 5.48 Å². The molecule has 8 heteroatoms. The lowest BCUT2D eigenvalue weighted by atomic mass is 9.92. The Kier molecular flexibility index (Phi) is 6.93. The van der Waals surface area contributed by atoms with Gasteiger partial charge in [0.05, 0.1) is 30.9 Å². The summed E-state index contributed by atoms with van der Waals surface area (Å²) >= 11 is 0. The first-order valence-corrected chi connectivity index (χ1v) is 11.0. The summed E-state index contributed by atoms with van der Waals surface area (Å²) < 4.78 is 10.2. The molecule has 0 spiro atoms. The number of esters is 1. The zero-order valence-electron chi connectivity index (χ0n) is 19.2. The third-order valence-electron chi connectivity index (χ3n) is 5.71. The number of benzene rings is 3. The molecule has 0 saturated carbocycles. The first kappa shape index (κ1) is 23.7. The molecular weight excluding hydrogens is 448 g/mol. The highest BCUT2D eigenvalue weighted by Gasteiger charge is 2.44. The van der Waals surface area contributed by atoms with Crippen LogP contribution in [0.1, 0.15) is 39.2 Å². The molecule has 0 aromatic heterocycles. The Morgan fingerprint density at radius 2 is 1.57 bits per heavy atom. The number of anilines is 1. The summed E-state index contributed by atoms with van der Waals surface area (Å²) in [6.45, 7) is 1.96. The second kappa shape index (κ2) is 10.2. The minimum Gasteiger partial charge on any atom is -0.497 e. The second-order valence-corrected chi connectivity index (χ2v) is 7.71. The number of ketones is 1. The van der Waals surface area contributed by atoms with Crippen LogP contribution in [0.3, 0.4) is 0 Å². The molecule has 3 aromatic carbocycles. The Labute approximate surface area is 202 Å². The van der Waals surface area contributed by atoms with Gasteiger partial charge in [-0.3, -0.25) is 25.2 Å². The van der Waals surface area contributed by atoms with E-state index in [1.165, 1.54) is 12.0 Å². The number of rotatable bonds is 8. The average molecular weight is 472 g/mol. The molecule has 2 N–H and O–H groups in total. The van der Waals surface area contributed by atoms with E-state index in [1.807, 2.05) is 23.7 Å². The van der Waals surface area contributed by atoms with Gasteiger partial charge in [0.2, 0.25) is 0 Å². The van der Waals surface area contributed by atoms with Crippen LogP contribution < -0.4 is 15.1 Å². The number of carbonyl (C=O) groups excluding carboxylic acids is 3. The molecule has 0 saturated heterocycles. The number of ether oxygens (including phenoxy) is 2. The van der Waals surface area contributed by atoms with Crippen molar-refractivity contribution in [1.29, 1.82) is 0 Å². The third kappa shape index (κ3) is 4.51. The Bertz CT molecular complexity index is 1270. The summed E-state index contributed by atoms with van der Waals surface area (Å²) in [7, 11) is 1.53. The molecule has 1 atom stereocenters. The maximum absolute atomic E-state index is 13.6. The van der Waals surface area contributed by atoms with E-state index < -0.39 is 23.7 Å². The van der Waals surface area contributed by atoms with Crippen molar-refractivity contribution < 1.29 is 29.1 Å². The van der Waals surface area contributed by atoms with E-state index in [0.29, 0.717) is 28.1 Å². The fourth-order valence-corrected chi connectivity index (χ4v) is 4.05. The number of carbonyl (C=O) groups is 3. The first-order valence-electron chi connectivity index (χ1n) is 11.0. The van der Waals surface area contributed by atoms with Gasteiger partial charge < -0.3 is 9.47 Å². The second-order valence-electron chi connectivity index (χ2n) is 7.71. The van der Waals surface area contributed by atoms with E-state index in [4.69, 9.17) is 9.47 Å². The van der Waals surface area contributed by atoms with Crippen molar-refractivity contribution in [3.05, 3.63) is 107 Å². The van der Waals surface area contributed by atoms with E-state index in [1.54, 1.807) is 67.6 Å². The van der Waals surface area contributed by atoms with Crippen molar-refractivity contribution in [2.45, 2.75) is 13.0 Å². The van der Waals surface area contributed by atoms with E-state index in [2.05, 4.69) is 0 Å². The van der Waals surface area contributed by atoms with Crippen LogP contribution in [0, 0.1) is 0 Å². The SMILES string of the molecule is CCOC(=O)c1ccc(N2C(=O)C(NO)=C(C(=O)c3ccc(OC)cc3)C2c2ccccc2)cc1. The average Bonchev–Trinajstić information content (AvgIpc) is 3.20. The molecule has 0 aliphatic carbocycles. The van der Waals surface area contributed by atoms with Gasteiger partial charge in [-0.2, -0.15) is 0 Å². The molecule has 178 valence electrons. The number of Topliss-reactive ketones (excluding diaryl/α,β-unsaturated/α-hetero) is 1. The summed E-state index contributed by atoms with van der Waals surface area (Å²) in [4.78, 5) is 40.6. The Hall–Kier alpha value is -4.43. The summed E-state index contributed by atoms with van der Waals surface area (Å²) in [5.41, 5.74) is 3.63. The van der Waals surface area contributed by atoms with Gasteiger partial charge in [0.1, 0.15) is 11.4 Å². The number of hydrogen-bond donors (Lipinski definition) is 2. The molecule has 0 bridgehead atoms. The van der Waals surface area contributed by atoms with E-state index in [0.717, 1.165) is 0 Å². The normalized spacial score (nSPS) is 15.2. The van der Waals surface area contributed by atoms with Crippen LogP contribution in [-0.2, 0) is 9.53 Å². The summed E-state index contributed by atoms with van der Waals surface area (Å²) in [5, 5.41) is 9.90. The topological polar surface area (TPSA) is 105 Å². The summed E-state index contributed by atoms with van der Waals surface area (Å²) in [6, 6.07) is 21.1. The van der Waals surface area contributed by atoms with Gasteiger partial charge in [-0.15, -0.1) is 0 Å². The number of nitrogens with one attached hydrogen (secondary N) is 1. The highest BCUT2D eigenvalue weighted by Crippen LogP contribution is 2.42. The van der Waals surface area contributed by atoms with Crippen LogP contribution in [0.5, 0.6) is 5.75 Å². The molecule has 0 fully saturated rings. The van der Waals surface area contributed by atoms with Crippen molar-refractivity contribution >= 4 is 23.3 Å². The van der Waals surface area contributed by atoms with Gasteiger partial charge in [0.25, 0.3) is 5.91 Å². The lowest BCUT2D eigenvalue weighted by Crippen LogP contribution is -2.32. The van der Waals surface area contributed by atoms with Gasteiger partial charge in [-0.1, -0.05) is 30.3 Å². The summed E-state index contributed by atoms with van der Waals surface area (Å²) in [6.07, 6.45) is 0. The minimum absolute atomic E-state index is 0.100. The molecule has 0 radical (unpaired) electrons. The maximum atomic E-state index is 13.6. The molecule has 1 aliphatic heterocycles. The van der Waals surface area contributed by atoms with Crippen LogP contribution in [0.4, 0.5) is 5.69 Å². The Morgan fingerprint density at radius 3 is 2.14 bits per heavy atom. The third-order valence-corrected chi connectivity index (χ3v) is 5.71. The Balaban J connectivity index is 1.80. The highest BCUT2D eigenvalue weighted by molar-refractivity contribution is 6.21. The van der Waals surface area contributed by atoms with Gasteiger partial charge in [0.15, 0.2) is 5.78 Å². The van der Waals surface area contributed by atoms with Crippen LogP contribution in [0.25, 0.3) is 0 Å². The summed E-state index contributed by atoms with van der Waals surface area (Å²) in [5.74, 6) is -0.891. The Morgan fingerprint density at radius 1 is 0.943 bits per heavy atom.